The average Bonchev–Trinajstić information content (AvgIpc) is 2.33. The Kier molecular flexibility index (Phi) is 4.06. The molecule has 0 aliphatic carbocycles. The number of nitrogens with one attached hydrogen (secondary N) is 1. The molecule has 1 aromatic rings. The number of thioether (sulfide) groups is 1. The third kappa shape index (κ3) is 2.93. The molecule has 0 saturated carbocycles. The van der Waals surface area contributed by atoms with Crippen LogP contribution >= 0.6 is 11.8 Å². The predicted molar refractivity (Wildman–Crippen MR) is 67.3 cm³/mol. The lowest BCUT2D eigenvalue weighted by Crippen LogP contribution is -2.25. The second-order valence-corrected chi connectivity index (χ2v) is 5.37. The summed E-state index contributed by atoms with van der Waals surface area (Å²) >= 11 is 1.84. The van der Waals surface area contributed by atoms with Gasteiger partial charge in [0.1, 0.15) is 11.6 Å². The number of anilines is 1. The summed E-state index contributed by atoms with van der Waals surface area (Å²) in [7, 11) is 0. The highest BCUT2D eigenvalue weighted by Gasteiger charge is 2.19. The molecule has 1 heterocycles. The van der Waals surface area contributed by atoms with Gasteiger partial charge in [0.25, 0.3) is 0 Å². The lowest BCUT2D eigenvalue weighted by molar-refractivity contribution is 0.0692. The molecule has 0 aromatic heterocycles. The van der Waals surface area contributed by atoms with Crippen LogP contribution in [0.3, 0.4) is 0 Å². The van der Waals surface area contributed by atoms with Gasteiger partial charge in [0.15, 0.2) is 0 Å². The number of rotatable bonds is 3. The number of benzene rings is 1. The number of halogens is 2. The van der Waals surface area contributed by atoms with Gasteiger partial charge >= 0.3 is 5.97 Å². The summed E-state index contributed by atoms with van der Waals surface area (Å²) in [4.78, 5) is 10.8. The minimum atomic E-state index is -1.39. The SMILES string of the molecule is O=C(O)c1cc(NC2CCSCC2)c(F)cc1F. The van der Waals surface area contributed by atoms with Gasteiger partial charge in [-0.25, -0.2) is 13.6 Å². The van der Waals surface area contributed by atoms with Crippen LogP contribution in [-0.2, 0) is 0 Å². The van der Waals surface area contributed by atoms with Crippen LogP contribution in [0.25, 0.3) is 0 Å². The maximum Gasteiger partial charge on any atom is 0.338 e. The normalized spacial score (nSPS) is 16.6. The molecule has 2 rings (SSSR count). The largest absolute Gasteiger partial charge is 0.478 e. The molecule has 0 atom stereocenters. The first-order valence-corrected chi connectivity index (χ1v) is 6.80. The van der Waals surface area contributed by atoms with Crippen molar-refractivity contribution in [3.05, 3.63) is 29.3 Å². The van der Waals surface area contributed by atoms with Crippen molar-refractivity contribution in [1.82, 2.24) is 0 Å². The third-order valence-corrected chi connectivity index (χ3v) is 3.92. The minimum absolute atomic E-state index is 0.0608. The monoisotopic (exact) mass is 273 g/mol. The van der Waals surface area contributed by atoms with Crippen LogP contribution in [0.1, 0.15) is 23.2 Å². The molecule has 2 N–H and O–H groups in total. The fourth-order valence-electron chi connectivity index (χ4n) is 1.89. The second-order valence-electron chi connectivity index (χ2n) is 4.15. The molecule has 1 aliphatic rings. The Labute approximate surface area is 108 Å². The van der Waals surface area contributed by atoms with Crippen molar-refractivity contribution in [2.24, 2.45) is 0 Å². The van der Waals surface area contributed by atoms with E-state index in [9.17, 15) is 13.6 Å². The molecule has 3 nitrogen and oxygen atoms in total. The molecule has 6 heteroatoms. The van der Waals surface area contributed by atoms with Crippen molar-refractivity contribution in [3.63, 3.8) is 0 Å². The average molecular weight is 273 g/mol. The van der Waals surface area contributed by atoms with Crippen LogP contribution in [0, 0.1) is 11.6 Å². The summed E-state index contributed by atoms with van der Waals surface area (Å²) in [6.45, 7) is 0. The van der Waals surface area contributed by atoms with Crippen molar-refractivity contribution in [2.75, 3.05) is 16.8 Å². The minimum Gasteiger partial charge on any atom is -0.478 e. The van der Waals surface area contributed by atoms with Crippen LogP contribution < -0.4 is 5.32 Å². The van der Waals surface area contributed by atoms with E-state index in [1.165, 1.54) is 0 Å². The zero-order chi connectivity index (χ0) is 13.1. The first-order chi connectivity index (χ1) is 8.58. The Hall–Kier alpha value is -1.30. The summed E-state index contributed by atoms with van der Waals surface area (Å²) in [5.74, 6) is -1.21. The van der Waals surface area contributed by atoms with Gasteiger partial charge in [-0.3, -0.25) is 0 Å². The highest BCUT2D eigenvalue weighted by atomic mass is 32.2. The first-order valence-electron chi connectivity index (χ1n) is 5.64. The molecular weight excluding hydrogens is 260 g/mol. The zero-order valence-electron chi connectivity index (χ0n) is 9.58. The maximum absolute atomic E-state index is 13.5. The molecule has 18 heavy (non-hydrogen) atoms. The van der Waals surface area contributed by atoms with E-state index >= 15 is 0 Å². The number of hydrogen-bond donors (Lipinski definition) is 2. The van der Waals surface area contributed by atoms with Gasteiger partial charge in [-0.05, 0) is 30.4 Å². The van der Waals surface area contributed by atoms with Crippen molar-refractivity contribution in [2.45, 2.75) is 18.9 Å². The van der Waals surface area contributed by atoms with Gasteiger partial charge in [0.05, 0.1) is 11.3 Å². The summed E-state index contributed by atoms with van der Waals surface area (Å²) in [6, 6.07) is 1.76. The van der Waals surface area contributed by atoms with Gasteiger partial charge in [-0.15, -0.1) is 0 Å². The van der Waals surface area contributed by atoms with Gasteiger partial charge < -0.3 is 10.4 Å². The fraction of sp³-hybridized carbons (Fsp3) is 0.417. The van der Waals surface area contributed by atoms with E-state index in [-0.39, 0.29) is 11.7 Å². The smallest absolute Gasteiger partial charge is 0.338 e. The topological polar surface area (TPSA) is 49.3 Å². The number of carbonyl (C=O) groups is 1. The quantitative estimate of drug-likeness (QED) is 0.889. The summed E-state index contributed by atoms with van der Waals surface area (Å²) in [5, 5.41) is 11.7. The second kappa shape index (κ2) is 5.56. The molecule has 0 radical (unpaired) electrons. The van der Waals surface area contributed by atoms with Gasteiger partial charge in [-0.2, -0.15) is 11.8 Å². The third-order valence-electron chi connectivity index (χ3n) is 2.87. The molecular formula is C12H13F2NO2S. The van der Waals surface area contributed by atoms with Crippen LogP contribution in [0.4, 0.5) is 14.5 Å². The summed E-state index contributed by atoms with van der Waals surface area (Å²) < 4.78 is 26.8. The van der Waals surface area contributed by atoms with Crippen molar-refractivity contribution < 1.29 is 18.7 Å². The van der Waals surface area contributed by atoms with Crippen molar-refractivity contribution >= 4 is 23.4 Å². The zero-order valence-corrected chi connectivity index (χ0v) is 10.4. The molecule has 98 valence electrons. The number of hydrogen-bond acceptors (Lipinski definition) is 3. The van der Waals surface area contributed by atoms with E-state index in [1.54, 1.807) is 0 Å². The first kappa shape index (κ1) is 13.1. The van der Waals surface area contributed by atoms with Gasteiger partial charge in [0, 0.05) is 12.1 Å². The molecule has 0 bridgehead atoms. The molecule has 1 aromatic carbocycles. The number of carboxylic acid groups (broad SMARTS) is 1. The van der Waals surface area contributed by atoms with E-state index in [1.807, 2.05) is 11.8 Å². The van der Waals surface area contributed by atoms with Gasteiger partial charge in [0.2, 0.25) is 0 Å². The fourth-order valence-corrected chi connectivity index (χ4v) is 2.99. The Morgan fingerprint density at radius 3 is 2.56 bits per heavy atom. The lowest BCUT2D eigenvalue weighted by atomic mass is 10.1. The Balaban J connectivity index is 2.21. The Morgan fingerprint density at radius 1 is 1.28 bits per heavy atom. The van der Waals surface area contributed by atoms with Crippen LogP contribution in [0.5, 0.6) is 0 Å². The molecule has 1 aliphatic heterocycles. The molecule has 0 amide bonds. The highest BCUT2D eigenvalue weighted by molar-refractivity contribution is 7.99. The van der Waals surface area contributed by atoms with E-state index in [0.29, 0.717) is 6.07 Å². The molecule has 0 spiro atoms. The van der Waals surface area contributed by atoms with Crippen LogP contribution in [0.15, 0.2) is 12.1 Å². The van der Waals surface area contributed by atoms with E-state index < -0.39 is 23.2 Å². The van der Waals surface area contributed by atoms with Crippen LogP contribution in [0.2, 0.25) is 0 Å². The molecule has 1 fully saturated rings. The highest BCUT2D eigenvalue weighted by Crippen LogP contribution is 2.24. The summed E-state index contributed by atoms with van der Waals surface area (Å²) in [6.07, 6.45) is 1.79. The summed E-state index contributed by atoms with van der Waals surface area (Å²) in [5.41, 5.74) is -0.449. The maximum atomic E-state index is 13.5. The van der Waals surface area contributed by atoms with E-state index in [2.05, 4.69) is 5.32 Å². The lowest BCUT2D eigenvalue weighted by Gasteiger charge is -2.24. The van der Waals surface area contributed by atoms with Crippen LogP contribution in [-0.4, -0.2) is 28.6 Å². The number of aromatic carboxylic acids is 1. The standard InChI is InChI=1S/C12H13F2NO2S/c13-9-6-10(14)11(5-8(9)12(16)17)15-7-1-3-18-4-2-7/h5-7,15H,1-4H2,(H,16,17). The van der Waals surface area contributed by atoms with E-state index in [0.717, 1.165) is 30.4 Å². The van der Waals surface area contributed by atoms with Gasteiger partial charge in [-0.1, -0.05) is 0 Å². The Bertz CT molecular complexity index is 462. The van der Waals surface area contributed by atoms with E-state index in [4.69, 9.17) is 5.11 Å². The predicted octanol–water partition coefficient (Wildman–Crippen LogP) is 2.97. The number of carboxylic acids is 1. The van der Waals surface area contributed by atoms with Crippen molar-refractivity contribution in [1.29, 1.82) is 0 Å². The molecule has 1 saturated heterocycles. The van der Waals surface area contributed by atoms with Crippen molar-refractivity contribution in [3.8, 4) is 0 Å². The Morgan fingerprint density at radius 2 is 1.94 bits per heavy atom. The molecule has 0 unspecified atom stereocenters.